The summed E-state index contributed by atoms with van der Waals surface area (Å²) in [6.07, 6.45) is 5.92. The summed E-state index contributed by atoms with van der Waals surface area (Å²) in [6.45, 7) is 4.56. The van der Waals surface area contributed by atoms with Crippen LogP contribution in [0.15, 0.2) is 78.9 Å². The van der Waals surface area contributed by atoms with Crippen LogP contribution >= 0.6 is 0 Å². The molecule has 0 aliphatic carbocycles. The number of hydrogen-bond acceptors (Lipinski definition) is 0. The summed E-state index contributed by atoms with van der Waals surface area (Å²) in [4.78, 5) is 0. The summed E-state index contributed by atoms with van der Waals surface area (Å²) in [7, 11) is 0. The van der Waals surface area contributed by atoms with Crippen molar-refractivity contribution in [1.82, 2.24) is 0 Å². The van der Waals surface area contributed by atoms with Crippen LogP contribution in [0.2, 0.25) is 0 Å². The average Bonchev–Trinajstić information content (AvgIpc) is 3.13. The van der Waals surface area contributed by atoms with Crippen molar-refractivity contribution in [2.24, 2.45) is 0 Å². The number of halogens is 3. The minimum Gasteiger partial charge on any atom is -1.00 e. The van der Waals surface area contributed by atoms with E-state index in [-0.39, 0.29) is 64.4 Å². The molecule has 0 fully saturated rings. The Hall–Kier alpha value is -0.626. The Morgan fingerprint density at radius 2 is 1.21 bits per heavy atom. The van der Waals surface area contributed by atoms with Gasteiger partial charge in [0.1, 0.15) is 0 Å². The molecule has 3 aromatic rings. The van der Waals surface area contributed by atoms with Crippen LogP contribution in [0.3, 0.4) is 0 Å². The van der Waals surface area contributed by atoms with Gasteiger partial charge in [0.05, 0.1) is 0 Å². The monoisotopic (exact) mass is 482 g/mol. The van der Waals surface area contributed by atoms with E-state index < -0.39 is 0 Å². The summed E-state index contributed by atoms with van der Waals surface area (Å²) in [5.74, 6) is 0. The molecule has 0 saturated carbocycles. The fourth-order valence-electron chi connectivity index (χ4n) is 4.15. The van der Waals surface area contributed by atoms with Crippen molar-refractivity contribution in [3.63, 3.8) is 0 Å². The van der Waals surface area contributed by atoms with Gasteiger partial charge in [-0.2, -0.15) is 11.6 Å². The van der Waals surface area contributed by atoms with Gasteiger partial charge in [-0.3, -0.25) is 0 Å². The second-order valence-electron chi connectivity index (χ2n) is 6.96. The van der Waals surface area contributed by atoms with Crippen molar-refractivity contribution >= 4 is 0 Å². The van der Waals surface area contributed by atoms with Crippen LogP contribution in [0, 0.1) is 0 Å². The summed E-state index contributed by atoms with van der Waals surface area (Å²) in [6, 6.07) is 29.1. The molecule has 3 aromatic carbocycles. The van der Waals surface area contributed by atoms with E-state index in [1.54, 1.807) is 0 Å². The first-order valence-electron chi connectivity index (χ1n) is 9.69. The van der Waals surface area contributed by atoms with Crippen LogP contribution in [0.4, 0.5) is 0 Å². The molecule has 0 aliphatic rings. The quantitative estimate of drug-likeness (QED) is 0.254. The van der Waals surface area contributed by atoms with Gasteiger partial charge in [0.15, 0.2) is 0 Å². The maximum Gasteiger partial charge on any atom is 4.00 e. The number of rotatable bonds is 8. The maximum absolute atomic E-state index is 2.36. The molecule has 3 rings (SSSR count). The van der Waals surface area contributed by atoms with E-state index in [4.69, 9.17) is 0 Å². The maximum atomic E-state index is 2.36. The van der Waals surface area contributed by atoms with Gasteiger partial charge in [-0.25, -0.2) is 12.1 Å². The Kier molecular flexibility index (Phi) is 16.0. The largest absolute Gasteiger partial charge is 4.00 e. The van der Waals surface area contributed by atoms with E-state index in [1.165, 1.54) is 41.5 Å². The van der Waals surface area contributed by atoms with Crippen molar-refractivity contribution in [2.75, 3.05) is 0 Å². The third-order valence-electron chi connectivity index (χ3n) is 5.32. The van der Waals surface area contributed by atoms with Gasteiger partial charge in [0, 0.05) is 5.41 Å². The fraction of sp³-hybridized carbons (Fsp3) is 0.320. The Balaban J connectivity index is 0. The molecule has 0 amide bonds. The summed E-state index contributed by atoms with van der Waals surface area (Å²) in [5, 5.41) is 0. The number of aryl methyl sites for hydroxylation is 1. The molecular weight excluding hydrogens is 455 g/mol. The van der Waals surface area contributed by atoms with Crippen LogP contribution in [-0.4, -0.2) is 0 Å². The second kappa shape index (κ2) is 15.2. The van der Waals surface area contributed by atoms with Crippen molar-refractivity contribution in [3.05, 3.63) is 101 Å². The summed E-state index contributed by atoms with van der Waals surface area (Å²) < 4.78 is 0. The zero-order valence-electron chi connectivity index (χ0n) is 17.2. The van der Waals surface area contributed by atoms with Gasteiger partial charge in [-0.05, 0) is 17.5 Å². The van der Waals surface area contributed by atoms with Crippen molar-refractivity contribution in [2.45, 2.75) is 51.4 Å². The van der Waals surface area contributed by atoms with Gasteiger partial charge in [0.2, 0.25) is 0 Å². The van der Waals surface area contributed by atoms with E-state index in [2.05, 4.69) is 92.7 Å². The van der Waals surface area contributed by atoms with E-state index in [0.717, 1.165) is 12.8 Å². The molecule has 0 heterocycles. The van der Waals surface area contributed by atoms with E-state index in [1.807, 2.05) is 0 Å². The topological polar surface area (TPSA) is 0 Å². The molecule has 0 saturated heterocycles. The molecule has 4 heteroatoms. The van der Waals surface area contributed by atoms with Crippen molar-refractivity contribution in [3.8, 4) is 0 Å². The molecule has 0 aromatic heterocycles. The predicted molar refractivity (Wildman–Crippen MR) is 108 cm³/mol. The first-order valence-corrected chi connectivity index (χ1v) is 9.69. The number of hydrogen-bond donors (Lipinski definition) is 0. The molecule has 0 N–H and O–H groups in total. The molecule has 0 atom stereocenters. The zero-order chi connectivity index (χ0) is 17.5. The Bertz CT molecular complexity index is 730. The third kappa shape index (κ3) is 6.68. The number of benzene rings is 2. The molecule has 0 unspecified atom stereocenters. The van der Waals surface area contributed by atoms with E-state index in [0.29, 0.717) is 0 Å². The van der Waals surface area contributed by atoms with Crippen LogP contribution in [-0.2, 0) is 33.6 Å². The van der Waals surface area contributed by atoms with Crippen LogP contribution in [0.25, 0.3) is 0 Å². The molecule has 0 radical (unpaired) electrons. The Morgan fingerprint density at radius 1 is 0.690 bits per heavy atom. The smallest absolute Gasteiger partial charge is 1.00 e. The molecule has 154 valence electrons. The average molecular weight is 484 g/mol. The number of unbranched alkanes of at least 4 members (excludes halogenated alkanes) is 1. The van der Waals surface area contributed by atoms with Crippen LogP contribution < -0.4 is 37.2 Å². The van der Waals surface area contributed by atoms with Crippen molar-refractivity contribution in [1.29, 1.82) is 0 Å². The molecule has 0 aliphatic heterocycles. The SMILES string of the molecule is CCCCC(c1ccccc1)(c1ccccc1)[c-]1cccc1CCC.[Cl-].[Cl-].[Cl-].[Ti+4]. The van der Waals surface area contributed by atoms with Crippen LogP contribution in [0.5, 0.6) is 0 Å². The fourth-order valence-corrected chi connectivity index (χ4v) is 4.15. The summed E-state index contributed by atoms with van der Waals surface area (Å²) >= 11 is 0. The first-order chi connectivity index (χ1) is 12.3. The normalized spacial score (nSPS) is 10.0. The van der Waals surface area contributed by atoms with Crippen molar-refractivity contribution < 1.29 is 58.9 Å². The minimum absolute atomic E-state index is 0. The van der Waals surface area contributed by atoms with Gasteiger partial charge in [0.25, 0.3) is 0 Å². The van der Waals surface area contributed by atoms with E-state index >= 15 is 0 Å². The molecule has 0 bridgehead atoms. The standard InChI is InChI=1S/C25H29.3ClH.Ti/c1-3-5-20-25(22-15-8-6-9-16-22,23-17-10-7-11-18-23)24-19-12-14-21(24)13-4-2;;;;/h6-12,14-19H,3-5,13,20H2,1-2H3;3*1H;/q-1;;;;+4/p-3. The van der Waals surface area contributed by atoms with Gasteiger partial charge >= 0.3 is 21.7 Å². The Morgan fingerprint density at radius 3 is 1.66 bits per heavy atom. The summed E-state index contributed by atoms with van der Waals surface area (Å²) in [5.41, 5.74) is 5.79. The second-order valence-corrected chi connectivity index (χ2v) is 6.96. The van der Waals surface area contributed by atoms with Gasteiger partial charge in [-0.1, -0.05) is 100 Å². The first kappa shape index (κ1) is 30.6. The van der Waals surface area contributed by atoms with E-state index in [9.17, 15) is 0 Å². The van der Waals surface area contributed by atoms with Gasteiger partial charge in [-0.15, -0.1) is 5.56 Å². The molecule has 0 nitrogen and oxygen atoms in total. The Labute approximate surface area is 210 Å². The predicted octanol–water partition coefficient (Wildman–Crippen LogP) is -2.11. The van der Waals surface area contributed by atoms with Gasteiger partial charge < -0.3 is 37.2 Å². The molecular formula is C25H29Cl3Ti. The zero-order valence-corrected chi connectivity index (χ0v) is 21.0. The van der Waals surface area contributed by atoms with Crippen LogP contribution in [0.1, 0.15) is 61.8 Å². The molecule has 0 spiro atoms. The molecule has 29 heavy (non-hydrogen) atoms. The minimum atomic E-state index is -0.0491. The third-order valence-corrected chi connectivity index (χ3v) is 5.32.